The van der Waals surface area contributed by atoms with E-state index in [4.69, 9.17) is 0 Å². The van der Waals surface area contributed by atoms with E-state index in [0.717, 1.165) is 41.7 Å². The number of anilines is 1. The zero-order valence-electron chi connectivity index (χ0n) is 15.0. The summed E-state index contributed by atoms with van der Waals surface area (Å²) < 4.78 is 3.75. The fraction of sp³-hybridized carbons (Fsp3) is 0.333. The van der Waals surface area contributed by atoms with Gasteiger partial charge in [-0.3, -0.25) is 4.79 Å². The van der Waals surface area contributed by atoms with Crippen molar-refractivity contribution >= 4 is 23.4 Å². The summed E-state index contributed by atoms with van der Waals surface area (Å²) in [6.07, 6.45) is 7.37. The Bertz CT molecular complexity index is 929. The van der Waals surface area contributed by atoms with Crippen LogP contribution >= 0.6 is 11.8 Å². The van der Waals surface area contributed by atoms with Gasteiger partial charge in [-0.25, -0.2) is 9.67 Å². The summed E-state index contributed by atoms with van der Waals surface area (Å²) >= 11 is 1.50. The van der Waals surface area contributed by atoms with Crippen LogP contribution in [0.1, 0.15) is 29.4 Å². The van der Waals surface area contributed by atoms with Crippen LogP contribution < -0.4 is 10.6 Å². The first kappa shape index (κ1) is 17.7. The molecule has 2 N–H and O–H groups in total. The van der Waals surface area contributed by atoms with Crippen LogP contribution in [0.3, 0.4) is 0 Å². The van der Waals surface area contributed by atoms with Gasteiger partial charge in [-0.15, -0.1) is 5.10 Å². The summed E-state index contributed by atoms with van der Waals surface area (Å²) in [5.74, 6) is -0.261. The van der Waals surface area contributed by atoms with Gasteiger partial charge >= 0.3 is 0 Å². The van der Waals surface area contributed by atoms with Crippen molar-refractivity contribution in [3.05, 3.63) is 48.5 Å². The van der Waals surface area contributed by atoms with Crippen LogP contribution in [0, 0.1) is 0 Å². The fourth-order valence-electron chi connectivity index (χ4n) is 3.02. The minimum Gasteiger partial charge on any atom is -0.329 e. The zero-order valence-corrected chi connectivity index (χ0v) is 15.8. The molecule has 0 unspecified atom stereocenters. The van der Waals surface area contributed by atoms with Crippen molar-refractivity contribution in [2.75, 3.05) is 18.4 Å². The number of nitrogens with one attached hydrogen (secondary N) is 2. The Hall–Kier alpha value is -2.65. The highest BCUT2D eigenvalue weighted by atomic mass is 32.2. The lowest BCUT2D eigenvalue weighted by atomic mass is 10.1. The average molecular weight is 383 g/mol. The third-order valence-corrected chi connectivity index (χ3v) is 5.69. The summed E-state index contributed by atoms with van der Waals surface area (Å²) in [5, 5.41) is 15.4. The lowest BCUT2D eigenvalue weighted by Gasteiger charge is -2.22. The summed E-state index contributed by atoms with van der Waals surface area (Å²) in [4.78, 5) is 17.9. The SMILES string of the molecule is Cn1ccnc1Sc1ccccc1NC(=O)c1cn(C2CCNCC2)nn1. The number of aryl methyl sites for hydroxylation is 1. The van der Waals surface area contributed by atoms with Gasteiger partial charge in [-0.2, -0.15) is 0 Å². The number of aromatic nitrogens is 5. The predicted octanol–water partition coefficient (Wildman–Crippen LogP) is 2.34. The molecule has 0 spiro atoms. The molecule has 3 heterocycles. The summed E-state index contributed by atoms with van der Waals surface area (Å²) in [5.41, 5.74) is 1.05. The largest absolute Gasteiger partial charge is 0.329 e. The van der Waals surface area contributed by atoms with E-state index in [9.17, 15) is 4.79 Å². The van der Waals surface area contributed by atoms with Crippen molar-refractivity contribution in [3.8, 4) is 0 Å². The van der Waals surface area contributed by atoms with E-state index in [1.807, 2.05) is 46.8 Å². The monoisotopic (exact) mass is 383 g/mol. The molecule has 1 aliphatic heterocycles. The highest BCUT2D eigenvalue weighted by Gasteiger charge is 2.19. The number of nitrogens with zero attached hydrogens (tertiary/aromatic N) is 5. The Balaban J connectivity index is 1.48. The average Bonchev–Trinajstić information content (AvgIpc) is 3.34. The maximum Gasteiger partial charge on any atom is 0.277 e. The van der Waals surface area contributed by atoms with Gasteiger partial charge in [0.15, 0.2) is 10.9 Å². The number of carbonyl (C=O) groups is 1. The van der Waals surface area contributed by atoms with Gasteiger partial charge in [0.05, 0.1) is 17.9 Å². The molecule has 1 saturated heterocycles. The van der Waals surface area contributed by atoms with Crippen molar-refractivity contribution in [2.45, 2.75) is 28.9 Å². The Morgan fingerprint density at radius 1 is 1.30 bits per heavy atom. The number of hydrogen-bond acceptors (Lipinski definition) is 6. The van der Waals surface area contributed by atoms with Crippen LogP contribution in [-0.4, -0.2) is 43.5 Å². The van der Waals surface area contributed by atoms with Crippen LogP contribution in [0.4, 0.5) is 5.69 Å². The number of rotatable bonds is 5. The predicted molar refractivity (Wildman–Crippen MR) is 103 cm³/mol. The van der Waals surface area contributed by atoms with Crippen LogP contribution in [0.5, 0.6) is 0 Å². The fourth-order valence-corrected chi connectivity index (χ4v) is 3.92. The van der Waals surface area contributed by atoms with Crippen LogP contribution in [0.15, 0.2) is 52.9 Å². The molecular weight excluding hydrogens is 362 g/mol. The molecule has 2 aromatic heterocycles. The molecule has 1 fully saturated rings. The lowest BCUT2D eigenvalue weighted by Crippen LogP contribution is -2.29. The molecule has 4 rings (SSSR count). The summed E-state index contributed by atoms with van der Waals surface area (Å²) in [6.45, 7) is 1.92. The van der Waals surface area contributed by atoms with Gasteiger partial charge in [0.25, 0.3) is 5.91 Å². The maximum absolute atomic E-state index is 12.7. The first-order valence-corrected chi connectivity index (χ1v) is 9.70. The van der Waals surface area contributed by atoms with E-state index >= 15 is 0 Å². The van der Waals surface area contributed by atoms with E-state index in [1.165, 1.54) is 11.8 Å². The van der Waals surface area contributed by atoms with E-state index in [2.05, 4.69) is 25.9 Å². The van der Waals surface area contributed by atoms with Crippen molar-refractivity contribution in [3.63, 3.8) is 0 Å². The molecule has 1 aromatic carbocycles. The third kappa shape index (κ3) is 4.04. The Morgan fingerprint density at radius 3 is 2.89 bits per heavy atom. The minimum atomic E-state index is -0.261. The second-order valence-corrected chi connectivity index (χ2v) is 7.45. The highest BCUT2D eigenvalue weighted by Crippen LogP contribution is 2.32. The third-order valence-electron chi connectivity index (χ3n) is 4.54. The molecule has 0 bridgehead atoms. The van der Waals surface area contributed by atoms with Crippen LogP contribution in [-0.2, 0) is 7.05 Å². The van der Waals surface area contributed by atoms with Gasteiger partial charge < -0.3 is 15.2 Å². The standard InChI is InChI=1S/C18H21N7OS/c1-24-11-10-20-18(24)27-16-5-3-2-4-14(16)21-17(26)15-12-25(23-22-15)13-6-8-19-9-7-13/h2-5,10-13,19H,6-9H2,1H3,(H,21,26). The molecule has 0 aliphatic carbocycles. The van der Waals surface area contributed by atoms with Gasteiger partial charge in [-0.05, 0) is 49.8 Å². The molecule has 9 heteroatoms. The molecular formula is C18H21N7OS. The van der Waals surface area contributed by atoms with E-state index in [1.54, 1.807) is 12.4 Å². The molecule has 1 amide bonds. The number of amides is 1. The van der Waals surface area contributed by atoms with E-state index in [0.29, 0.717) is 11.7 Å². The second kappa shape index (κ2) is 7.93. The highest BCUT2D eigenvalue weighted by molar-refractivity contribution is 7.99. The molecule has 3 aromatic rings. The van der Waals surface area contributed by atoms with Gasteiger partial charge in [0, 0.05) is 24.3 Å². The Kier molecular flexibility index (Phi) is 5.21. The Labute approximate surface area is 161 Å². The van der Waals surface area contributed by atoms with Crippen molar-refractivity contribution in [2.24, 2.45) is 7.05 Å². The number of carbonyl (C=O) groups excluding carboxylic acids is 1. The zero-order chi connectivity index (χ0) is 18.6. The van der Waals surface area contributed by atoms with E-state index in [-0.39, 0.29) is 5.91 Å². The number of benzene rings is 1. The van der Waals surface area contributed by atoms with Crippen molar-refractivity contribution in [1.29, 1.82) is 0 Å². The van der Waals surface area contributed by atoms with Gasteiger partial charge in [-0.1, -0.05) is 17.3 Å². The molecule has 140 valence electrons. The Morgan fingerprint density at radius 2 is 2.11 bits per heavy atom. The smallest absolute Gasteiger partial charge is 0.277 e. The quantitative estimate of drug-likeness (QED) is 0.703. The number of hydrogen-bond donors (Lipinski definition) is 2. The van der Waals surface area contributed by atoms with Crippen LogP contribution in [0.2, 0.25) is 0 Å². The number of para-hydroxylation sites is 1. The number of imidazole rings is 1. The van der Waals surface area contributed by atoms with Gasteiger partial charge in [0.1, 0.15) is 0 Å². The lowest BCUT2D eigenvalue weighted by molar-refractivity contribution is 0.102. The first-order chi connectivity index (χ1) is 13.2. The maximum atomic E-state index is 12.7. The molecule has 0 atom stereocenters. The minimum absolute atomic E-state index is 0.261. The summed E-state index contributed by atoms with van der Waals surface area (Å²) in [6, 6.07) is 7.96. The molecule has 1 aliphatic rings. The topological polar surface area (TPSA) is 89.7 Å². The van der Waals surface area contributed by atoms with Crippen LogP contribution in [0.25, 0.3) is 0 Å². The molecule has 8 nitrogen and oxygen atoms in total. The summed E-state index contributed by atoms with van der Waals surface area (Å²) in [7, 11) is 1.94. The first-order valence-electron chi connectivity index (χ1n) is 8.89. The number of piperidine rings is 1. The van der Waals surface area contributed by atoms with Gasteiger partial charge in [0.2, 0.25) is 0 Å². The molecule has 0 saturated carbocycles. The van der Waals surface area contributed by atoms with Crippen molar-refractivity contribution in [1.82, 2.24) is 29.9 Å². The second-order valence-electron chi connectivity index (χ2n) is 6.44. The van der Waals surface area contributed by atoms with Crippen molar-refractivity contribution < 1.29 is 4.79 Å². The molecule has 0 radical (unpaired) electrons. The van der Waals surface area contributed by atoms with E-state index < -0.39 is 0 Å². The molecule has 27 heavy (non-hydrogen) atoms. The normalized spacial score (nSPS) is 15.0.